The maximum absolute atomic E-state index is 13.5. The van der Waals surface area contributed by atoms with Crippen molar-refractivity contribution in [2.24, 2.45) is 18.9 Å². The molecule has 9 nitrogen and oxygen atoms in total. The summed E-state index contributed by atoms with van der Waals surface area (Å²) in [5, 5.41) is 10.5. The molecule has 0 bridgehead atoms. The SMILES string of the molecule is CCC(=O)N[C@H](Cc1ccc(CNC(=O)[C@@H](CCc2ccnn2C)C2CCCCCC2)cc1)C(=O)N1CCN(C)CC1. The van der Waals surface area contributed by atoms with Crippen molar-refractivity contribution in [3.8, 4) is 0 Å². The van der Waals surface area contributed by atoms with Crippen LogP contribution < -0.4 is 10.6 Å². The zero-order valence-corrected chi connectivity index (χ0v) is 25.8. The number of carbonyl (C=O) groups excluding carboxylic acids is 3. The van der Waals surface area contributed by atoms with Gasteiger partial charge in [-0.05, 0) is 55.8 Å². The Morgan fingerprint density at radius 2 is 1.60 bits per heavy atom. The van der Waals surface area contributed by atoms with Crippen LogP contribution in [0.1, 0.15) is 75.1 Å². The van der Waals surface area contributed by atoms with Gasteiger partial charge in [0.05, 0.1) is 0 Å². The van der Waals surface area contributed by atoms with Crippen molar-refractivity contribution < 1.29 is 14.4 Å². The molecule has 0 radical (unpaired) electrons. The summed E-state index contributed by atoms with van der Waals surface area (Å²) in [5.41, 5.74) is 3.18. The summed E-state index contributed by atoms with van der Waals surface area (Å²) >= 11 is 0. The van der Waals surface area contributed by atoms with Crippen LogP contribution in [-0.2, 0) is 40.8 Å². The number of piperazine rings is 1. The highest BCUT2D eigenvalue weighted by atomic mass is 16.2. The van der Waals surface area contributed by atoms with E-state index in [1.807, 2.05) is 53.2 Å². The molecule has 2 aliphatic rings. The largest absolute Gasteiger partial charge is 0.352 e. The van der Waals surface area contributed by atoms with Gasteiger partial charge in [-0.25, -0.2) is 0 Å². The molecule has 4 rings (SSSR count). The lowest BCUT2D eigenvalue weighted by molar-refractivity contribution is -0.137. The van der Waals surface area contributed by atoms with Gasteiger partial charge in [0.15, 0.2) is 0 Å². The van der Waals surface area contributed by atoms with E-state index in [-0.39, 0.29) is 23.6 Å². The lowest BCUT2D eigenvalue weighted by atomic mass is 9.82. The summed E-state index contributed by atoms with van der Waals surface area (Å²) in [7, 11) is 4.02. The van der Waals surface area contributed by atoms with Crippen molar-refractivity contribution in [2.75, 3.05) is 33.2 Å². The average molecular weight is 579 g/mol. The number of hydrogen-bond acceptors (Lipinski definition) is 5. The standard InChI is InChI=1S/C33H50N6O3/c1-4-31(40)36-30(33(42)39-21-19-37(2)20-22-39)23-25-11-13-26(14-12-25)24-34-32(41)29(27-9-7-5-6-8-10-27)16-15-28-17-18-35-38(28)3/h11-14,17-18,27,29-30H,4-10,15-16,19-24H2,1-3H3,(H,34,41)(H,36,40)/t29-,30+/m0/s1. The van der Waals surface area contributed by atoms with Gasteiger partial charge in [-0.1, -0.05) is 56.9 Å². The third-order valence-electron chi connectivity index (χ3n) is 9.14. The first kappa shape index (κ1) is 31.7. The zero-order valence-electron chi connectivity index (χ0n) is 25.8. The third-order valence-corrected chi connectivity index (χ3v) is 9.14. The van der Waals surface area contributed by atoms with Gasteiger partial charge in [0.1, 0.15) is 6.04 Å². The van der Waals surface area contributed by atoms with Gasteiger partial charge >= 0.3 is 0 Å². The van der Waals surface area contributed by atoms with E-state index in [1.54, 1.807) is 6.92 Å². The highest BCUT2D eigenvalue weighted by Gasteiger charge is 2.30. The van der Waals surface area contributed by atoms with Crippen molar-refractivity contribution in [3.05, 3.63) is 53.3 Å². The average Bonchev–Trinajstić information content (AvgIpc) is 3.23. The number of aromatic nitrogens is 2. The first-order valence-electron chi connectivity index (χ1n) is 15.9. The van der Waals surface area contributed by atoms with Crippen molar-refractivity contribution in [2.45, 2.75) is 83.7 Å². The summed E-state index contributed by atoms with van der Waals surface area (Å²) in [6, 6.07) is 9.52. The number of nitrogens with one attached hydrogen (secondary N) is 2. The number of aryl methyl sites for hydroxylation is 2. The molecule has 0 spiro atoms. The van der Waals surface area contributed by atoms with Crippen molar-refractivity contribution in [3.63, 3.8) is 0 Å². The van der Waals surface area contributed by atoms with E-state index in [2.05, 4.69) is 27.7 Å². The molecule has 3 amide bonds. The molecule has 1 aromatic heterocycles. The number of hydrogen-bond donors (Lipinski definition) is 2. The van der Waals surface area contributed by atoms with Crippen LogP contribution in [0.5, 0.6) is 0 Å². The molecule has 0 unspecified atom stereocenters. The predicted molar refractivity (Wildman–Crippen MR) is 165 cm³/mol. The van der Waals surface area contributed by atoms with Crippen LogP contribution in [0.4, 0.5) is 0 Å². The minimum Gasteiger partial charge on any atom is -0.352 e. The molecule has 1 aliphatic carbocycles. The van der Waals surface area contributed by atoms with Gasteiger partial charge in [-0.15, -0.1) is 0 Å². The molecule has 9 heteroatoms. The van der Waals surface area contributed by atoms with E-state index >= 15 is 0 Å². The molecule has 1 saturated carbocycles. The van der Waals surface area contributed by atoms with Crippen molar-refractivity contribution in [1.82, 2.24) is 30.2 Å². The van der Waals surface area contributed by atoms with Gasteiger partial charge in [0.2, 0.25) is 17.7 Å². The summed E-state index contributed by atoms with van der Waals surface area (Å²) in [4.78, 5) is 43.2. The fraction of sp³-hybridized carbons (Fsp3) is 0.636. The topological polar surface area (TPSA) is 99.6 Å². The van der Waals surface area contributed by atoms with Gasteiger partial charge < -0.3 is 20.4 Å². The number of benzene rings is 1. The van der Waals surface area contributed by atoms with Crippen molar-refractivity contribution >= 4 is 17.7 Å². The summed E-state index contributed by atoms with van der Waals surface area (Å²) in [5.74, 6) is 0.440. The van der Waals surface area contributed by atoms with E-state index in [0.29, 0.717) is 38.4 Å². The van der Waals surface area contributed by atoms with Crippen LogP contribution in [0, 0.1) is 11.8 Å². The van der Waals surface area contributed by atoms with Gasteiger partial charge in [0.25, 0.3) is 0 Å². The van der Waals surface area contributed by atoms with E-state index in [9.17, 15) is 14.4 Å². The maximum atomic E-state index is 13.5. The van der Waals surface area contributed by atoms with Crippen LogP contribution in [0.25, 0.3) is 0 Å². The molecule has 2 heterocycles. The van der Waals surface area contributed by atoms with Gasteiger partial charge in [-0.3, -0.25) is 19.1 Å². The van der Waals surface area contributed by atoms with Crippen LogP contribution in [-0.4, -0.2) is 76.6 Å². The molecule has 1 aliphatic heterocycles. The molecule has 42 heavy (non-hydrogen) atoms. The van der Waals surface area contributed by atoms with Crippen molar-refractivity contribution in [1.29, 1.82) is 0 Å². The van der Waals surface area contributed by atoms with Crippen LogP contribution in [0.2, 0.25) is 0 Å². The first-order valence-corrected chi connectivity index (χ1v) is 15.9. The Morgan fingerprint density at radius 1 is 0.929 bits per heavy atom. The smallest absolute Gasteiger partial charge is 0.245 e. The Bertz CT molecular complexity index is 1150. The number of likely N-dealkylation sites (N-methyl/N-ethyl adjacent to an activating group) is 1. The molecule has 2 atom stereocenters. The Hall–Kier alpha value is -3.20. The maximum Gasteiger partial charge on any atom is 0.245 e. The summed E-state index contributed by atoms with van der Waals surface area (Å²) in [6.07, 6.45) is 11.5. The highest BCUT2D eigenvalue weighted by molar-refractivity contribution is 5.88. The van der Waals surface area contributed by atoms with Gasteiger partial charge in [-0.2, -0.15) is 5.10 Å². The lowest BCUT2D eigenvalue weighted by Gasteiger charge is -2.34. The van der Waals surface area contributed by atoms with E-state index in [4.69, 9.17) is 0 Å². The van der Waals surface area contributed by atoms with Crippen LogP contribution in [0.15, 0.2) is 36.5 Å². The molecule has 1 saturated heterocycles. The van der Waals surface area contributed by atoms with E-state index < -0.39 is 6.04 Å². The minimum absolute atomic E-state index is 0.000737. The van der Waals surface area contributed by atoms with E-state index in [0.717, 1.165) is 55.6 Å². The monoisotopic (exact) mass is 578 g/mol. The fourth-order valence-corrected chi connectivity index (χ4v) is 6.34. The number of amides is 3. The number of carbonyl (C=O) groups is 3. The van der Waals surface area contributed by atoms with Crippen LogP contribution in [0.3, 0.4) is 0 Å². The Balaban J connectivity index is 1.35. The first-order chi connectivity index (χ1) is 20.3. The number of nitrogens with zero attached hydrogens (tertiary/aromatic N) is 4. The van der Waals surface area contributed by atoms with Crippen LogP contribution >= 0.6 is 0 Å². The lowest BCUT2D eigenvalue weighted by Crippen LogP contribution is -2.54. The second-order valence-electron chi connectivity index (χ2n) is 12.2. The summed E-state index contributed by atoms with van der Waals surface area (Å²) in [6.45, 7) is 5.31. The molecular weight excluding hydrogens is 528 g/mol. The minimum atomic E-state index is -0.578. The highest BCUT2D eigenvalue weighted by Crippen LogP contribution is 2.32. The molecular formula is C33H50N6O3. The molecule has 230 valence electrons. The Labute approximate surface area is 251 Å². The molecule has 2 aromatic rings. The second kappa shape index (κ2) is 15.9. The van der Waals surface area contributed by atoms with E-state index in [1.165, 1.54) is 25.7 Å². The molecule has 1 aromatic carbocycles. The Morgan fingerprint density at radius 3 is 2.21 bits per heavy atom. The number of rotatable bonds is 12. The fourth-order valence-electron chi connectivity index (χ4n) is 6.34. The summed E-state index contributed by atoms with van der Waals surface area (Å²) < 4.78 is 1.90. The Kier molecular flexibility index (Phi) is 12.0. The normalized spacial score (nSPS) is 18.2. The molecule has 2 N–H and O–H groups in total. The molecule has 2 fully saturated rings. The second-order valence-corrected chi connectivity index (χ2v) is 12.2. The quantitative estimate of drug-likeness (QED) is 0.376. The predicted octanol–water partition coefficient (Wildman–Crippen LogP) is 3.47. The third kappa shape index (κ3) is 9.15. The van der Waals surface area contributed by atoms with Gasteiger partial charge in [0, 0.05) is 70.4 Å². The zero-order chi connectivity index (χ0) is 29.9.